The third-order valence-electron chi connectivity index (χ3n) is 8.18. The van der Waals surface area contributed by atoms with Crippen LogP contribution in [0.3, 0.4) is 0 Å². The Morgan fingerprint density at radius 1 is 1.07 bits per heavy atom. The fourth-order valence-corrected chi connectivity index (χ4v) is 5.83. The van der Waals surface area contributed by atoms with Crippen LogP contribution >= 0.6 is 11.6 Å². The van der Waals surface area contributed by atoms with Crippen LogP contribution in [0, 0.1) is 5.92 Å². The van der Waals surface area contributed by atoms with Gasteiger partial charge >= 0.3 is 0 Å². The summed E-state index contributed by atoms with van der Waals surface area (Å²) in [7, 11) is 0. The monoisotopic (exact) mass is 583 g/mol. The maximum absolute atomic E-state index is 13.9. The van der Waals surface area contributed by atoms with Gasteiger partial charge in [-0.05, 0) is 55.4 Å². The van der Waals surface area contributed by atoms with Gasteiger partial charge in [0.15, 0.2) is 0 Å². The van der Waals surface area contributed by atoms with E-state index in [4.69, 9.17) is 16.3 Å². The van der Waals surface area contributed by atoms with Crippen molar-refractivity contribution in [3.63, 3.8) is 0 Å². The number of pyridine rings is 1. The van der Waals surface area contributed by atoms with Crippen LogP contribution in [0.5, 0.6) is 5.88 Å². The van der Waals surface area contributed by atoms with Gasteiger partial charge in [0.2, 0.25) is 23.6 Å². The second-order valence-corrected chi connectivity index (χ2v) is 11.6. The molecule has 4 N–H and O–H groups in total. The quantitative estimate of drug-likeness (QED) is 0.438. The Morgan fingerprint density at radius 2 is 1.88 bits per heavy atom. The molecule has 2 aliphatic rings. The lowest BCUT2D eigenvalue weighted by atomic mass is 9.92. The molecule has 1 spiro atoms. The van der Waals surface area contributed by atoms with Crippen LogP contribution in [0.4, 0.5) is 0 Å². The number of ether oxygens (including phenoxy) is 1. The van der Waals surface area contributed by atoms with E-state index in [0.29, 0.717) is 56.3 Å². The molecule has 3 amide bonds. The number of nitrogens with one attached hydrogen (secondary N) is 4. The zero-order valence-corrected chi connectivity index (χ0v) is 24.8. The molecule has 4 rings (SSSR count). The lowest BCUT2D eigenvalue weighted by Gasteiger charge is -2.34. The predicted molar refractivity (Wildman–Crippen MR) is 159 cm³/mol. The van der Waals surface area contributed by atoms with Gasteiger partial charge in [-0.25, -0.2) is 4.98 Å². The van der Waals surface area contributed by atoms with E-state index in [1.54, 1.807) is 18.3 Å². The number of hydrogen-bond acceptors (Lipinski definition) is 6. The summed E-state index contributed by atoms with van der Waals surface area (Å²) in [4.78, 5) is 45.4. The van der Waals surface area contributed by atoms with Gasteiger partial charge in [0.1, 0.15) is 18.2 Å². The first kappa shape index (κ1) is 30.8. The van der Waals surface area contributed by atoms with Gasteiger partial charge < -0.3 is 26.0 Å². The number of nitrogens with zero attached hydrogens (tertiary/aromatic N) is 1. The highest BCUT2D eigenvalue weighted by molar-refractivity contribution is 6.30. The summed E-state index contributed by atoms with van der Waals surface area (Å²) >= 11 is 6.21. The zero-order chi connectivity index (χ0) is 29.2. The highest BCUT2D eigenvalue weighted by Crippen LogP contribution is 2.31. The van der Waals surface area contributed by atoms with E-state index in [1.807, 2.05) is 38.1 Å². The third kappa shape index (κ3) is 8.20. The fraction of sp³-hybridized carbons (Fsp3) is 0.548. The molecule has 1 aliphatic carbocycles. The molecule has 0 saturated heterocycles. The van der Waals surface area contributed by atoms with Crippen molar-refractivity contribution in [2.45, 2.75) is 82.8 Å². The molecule has 1 saturated carbocycles. The number of aryl methyl sites for hydroxylation is 1. The van der Waals surface area contributed by atoms with E-state index >= 15 is 0 Å². The molecule has 9 nitrogen and oxygen atoms in total. The summed E-state index contributed by atoms with van der Waals surface area (Å²) in [5.74, 6) is -0.221. The van der Waals surface area contributed by atoms with Gasteiger partial charge in [-0.1, -0.05) is 62.9 Å². The van der Waals surface area contributed by atoms with Crippen molar-refractivity contribution in [2.75, 3.05) is 19.7 Å². The molecule has 1 aromatic heterocycles. The number of rotatable bonds is 4. The zero-order valence-electron chi connectivity index (χ0n) is 24.0. The average Bonchev–Trinajstić information content (AvgIpc) is 3.44. The lowest BCUT2D eigenvalue weighted by Crippen LogP contribution is -2.64. The van der Waals surface area contributed by atoms with E-state index in [2.05, 4.69) is 26.3 Å². The van der Waals surface area contributed by atoms with E-state index < -0.39 is 17.6 Å². The van der Waals surface area contributed by atoms with Crippen LogP contribution in [-0.2, 0) is 27.2 Å². The van der Waals surface area contributed by atoms with E-state index in [1.165, 1.54) is 0 Å². The van der Waals surface area contributed by atoms with Gasteiger partial charge in [0.05, 0.1) is 6.04 Å². The SMILES string of the molecule is CC[C@H](C)[C@@H]1NCCOc2ncccc2CCCNC(=O)[C@H](Cc2cccc(Cl)c2)NC(=O)C2(CCCC2)NC1=O. The number of carbonyl (C=O) groups excluding carboxylic acids is 3. The maximum atomic E-state index is 13.9. The van der Waals surface area contributed by atoms with Crippen LogP contribution < -0.4 is 26.0 Å². The molecular formula is C31H42ClN5O4. The third-order valence-corrected chi connectivity index (χ3v) is 8.41. The van der Waals surface area contributed by atoms with E-state index in [0.717, 1.165) is 30.4 Å². The molecule has 41 heavy (non-hydrogen) atoms. The van der Waals surface area contributed by atoms with Gasteiger partial charge in [0, 0.05) is 36.3 Å². The molecular weight excluding hydrogens is 542 g/mol. The number of carbonyl (C=O) groups is 3. The van der Waals surface area contributed by atoms with Crippen LogP contribution in [-0.4, -0.2) is 60.0 Å². The number of aromatic nitrogens is 1. The largest absolute Gasteiger partial charge is 0.476 e. The molecule has 2 aromatic rings. The standard InChI is InChI=1S/C31H42ClN5O4/c1-3-21(2)26-28(39)37-31(13-4-5-14-31)30(40)36-25(20-22-9-6-12-24(32)19-22)27(38)34-15-7-10-23-11-8-16-35-29(23)41-18-17-33-26/h6,8-9,11-12,16,19,21,25-26,33H,3-5,7,10,13-15,17-18,20H2,1-2H3,(H,34,38)(H,36,40)(H,37,39)/t21-,25-,26-/m0/s1. The summed E-state index contributed by atoms with van der Waals surface area (Å²) < 4.78 is 5.99. The highest BCUT2D eigenvalue weighted by Gasteiger charge is 2.45. The molecule has 2 heterocycles. The number of benzene rings is 1. The lowest BCUT2D eigenvalue weighted by molar-refractivity contribution is -0.137. The first-order valence-corrected chi connectivity index (χ1v) is 15.1. The Hall–Kier alpha value is -3.17. The van der Waals surface area contributed by atoms with Crippen LogP contribution in [0.1, 0.15) is 63.5 Å². The van der Waals surface area contributed by atoms with E-state index in [9.17, 15) is 14.4 Å². The van der Waals surface area contributed by atoms with Gasteiger partial charge in [-0.3, -0.25) is 14.4 Å². The molecule has 10 heteroatoms. The highest BCUT2D eigenvalue weighted by atomic mass is 35.5. The summed E-state index contributed by atoms with van der Waals surface area (Å²) in [6.45, 7) is 5.29. The molecule has 1 fully saturated rings. The van der Waals surface area contributed by atoms with Crippen molar-refractivity contribution < 1.29 is 19.1 Å². The Kier molecular flexibility index (Phi) is 11.0. The Bertz CT molecular complexity index is 1200. The smallest absolute Gasteiger partial charge is 0.246 e. The Morgan fingerprint density at radius 3 is 2.63 bits per heavy atom. The van der Waals surface area contributed by atoms with Crippen LogP contribution in [0.15, 0.2) is 42.6 Å². The van der Waals surface area contributed by atoms with Crippen LogP contribution in [0.25, 0.3) is 0 Å². The average molecular weight is 584 g/mol. The summed E-state index contributed by atoms with van der Waals surface area (Å²) in [5.41, 5.74) is 0.719. The summed E-state index contributed by atoms with van der Waals surface area (Å²) in [6, 6.07) is 9.79. The van der Waals surface area contributed by atoms with Crippen LogP contribution in [0.2, 0.25) is 5.02 Å². The molecule has 222 valence electrons. The number of fused-ring (bicyclic) bond motifs is 1. The van der Waals surface area contributed by atoms with Crippen molar-refractivity contribution >= 4 is 29.3 Å². The second-order valence-electron chi connectivity index (χ2n) is 11.2. The van der Waals surface area contributed by atoms with Crippen molar-refractivity contribution in [1.29, 1.82) is 0 Å². The van der Waals surface area contributed by atoms with E-state index in [-0.39, 0.29) is 30.1 Å². The summed E-state index contributed by atoms with van der Waals surface area (Å²) in [5, 5.41) is 13.0. The number of halogens is 1. The second kappa shape index (κ2) is 14.6. The van der Waals surface area contributed by atoms with Crippen molar-refractivity contribution in [3.8, 4) is 5.88 Å². The maximum Gasteiger partial charge on any atom is 0.246 e. The normalized spacial score (nSPS) is 23.2. The molecule has 1 aromatic carbocycles. The molecule has 1 aliphatic heterocycles. The van der Waals surface area contributed by atoms with Gasteiger partial charge in [-0.2, -0.15) is 0 Å². The predicted octanol–water partition coefficient (Wildman–Crippen LogP) is 3.34. The minimum atomic E-state index is -1.07. The first-order valence-electron chi connectivity index (χ1n) is 14.8. The fourth-order valence-electron chi connectivity index (χ4n) is 5.61. The Balaban J connectivity index is 1.61. The van der Waals surface area contributed by atoms with Crippen molar-refractivity contribution in [3.05, 3.63) is 58.7 Å². The first-order chi connectivity index (χ1) is 19.8. The van der Waals surface area contributed by atoms with Gasteiger partial charge in [-0.15, -0.1) is 0 Å². The minimum absolute atomic E-state index is 0.0360. The van der Waals surface area contributed by atoms with Crippen molar-refractivity contribution in [1.82, 2.24) is 26.3 Å². The topological polar surface area (TPSA) is 121 Å². The molecule has 3 atom stereocenters. The number of amides is 3. The Labute approximate surface area is 247 Å². The number of hydrogen-bond donors (Lipinski definition) is 4. The molecule has 0 bridgehead atoms. The minimum Gasteiger partial charge on any atom is -0.476 e. The molecule has 0 unspecified atom stereocenters. The van der Waals surface area contributed by atoms with Crippen molar-refractivity contribution in [2.24, 2.45) is 5.92 Å². The molecule has 0 radical (unpaired) electrons. The summed E-state index contributed by atoms with van der Waals surface area (Å²) in [6.07, 6.45) is 6.80. The van der Waals surface area contributed by atoms with Gasteiger partial charge in [0.25, 0.3) is 0 Å².